The van der Waals surface area contributed by atoms with Gasteiger partial charge in [0.05, 0.1) is 22.7 Å². The van der Waals surface area contributed by atoms with Gasteiger partial charge in [0.25, 0.3) is 0 Å². The van der Waals surface area contributed by atoms with Crippen LogP contribution >= 0.6 is 11.6 Å². The third-order valence-electron chi connectivity index (χ3n) is 5.75. The molecule has 1 amide bonds. The van der Waals surface area contributed by atoms with Crippen LogP contribution in [0.1, 0.15) is 43.4 Å². The van der Waals surface area contributed by atoms with E-state index in [-0.39, 0.29) is 29.8 Å². The van der Waals surface area contributed by atoms with Crippen LogP contribution in [0.2, 0.25) is 5.02 Å². The monoisotopic (exact) mass is 413 g/mol. The Hall–Kier alpha value is -2.58. The van der Waals surface area contributed by atoms with Gasteiger partial charge in [-0.15, -0.1) is 0 Å². The lowest BCUT2D eigenvalue weighted by Gasteiger charge is -2.33. The molecule has 0 spiro atoms. The number of benzene rings is 2. The Morgan fingerprint density at radius 2 is 2.10 bits per heavy atom. The number of amides is 1. The molecular weight excluding hydrogens is 389 g/mol. The fourth-order valence-corrected chi connectivity index (χ4v) is 4.18. The number of hydrogen-bond acceptors (Lipinski definition) is 3. The van der Waals surface area contributed by atoms with Crippen molar-refractivity contribution in [1.82, 2.24) is 4.90 Å². The maximum absolute atomic E-state index is 13.8. The van der Waals surface area contributed by atoms with Crippen LogP contribution in [0, 0.1) is 24.1 Å². The van der Waals surface area contributed by atoms with Crippen molar-refractivity contribution in [3.63, 3.8) is 0 Å². The molecule has 2 unspecified atom stereocenters. The molecule has 29 heavy (non-hydrogen) atoms. The summed E-state index contributed by atoms with van der Waals surface area (Å²) in [6.07, 6.45) is 1.78. The lowest BCUT2D eigenvalue weighted by atomic mass is 9.95. The van der Waals surface area contributed by atoms with E-state index in [1.165, 1.54) is 6.07 Å². The topological polar surface area (TPSA) is 56.1 Å². The van der Waals surface area contributed by atoms with Crippen molar-refractivity contribution in [2.45, 2.75) is 58.2 Å². The summed E-state index contributed by atoms with van der Waals surface area (Å²) in [4.78, 5) is 14.8. The van der Waals surface area contributed by atoms with Gasteiger partial charge in [-0.3, -0.25) is 4.79 Å². The highest BCUT2D eigenvalue weighted by Crippen LogP contribution is 2.31. The number of nitriles is 1. The molecule has 152 valence electrons. The Morgan fingerprint density at radius 3 is 2.76 bits per heavy atom. The van der Waals surface area contributed by atoms with E-state index in [0.717, 1.165) is 23.2 Å². The minimum absolute atomic E-state index is 0.0932. The van der Waals surface area contributed by atoms with Crippen molar-refractivity contribution in [2.75, 3.05) is 5.32 Å². The van der Waals surface area contributed by atoms with E-state index in [2.05, 4.69) is 12.2 Å². The van der Waals surface area contributed by atoms with Crippen LogP contribution in [0.15, 0.2) is 36.4 Å². The second-order valence-corrected chi connectivity index (χ2v) is 8.07. The van der Waals surface area contributed by atoms with Crippen molar-refractivity contribution in [3.8, 4) is 6.07 Å². The summed E-state index contributed by atoms with van der Waals surface area (Å²) in [5.41, 5.74) is 3.09. The summed E-state index contributed by atoms with van der Waals surface area (Å²) < 4.78 is 13.8. The van der Waals surface area contributed by atoms with Gasteiger partial charge in [-0.2, -0.15) is 5.26 Å². The molecule has 0 radical (unpaired) electrons. The standard InChI is InChI=1S/C23H25ClFN3O/c1-4-15(3)28-22(10-17-9-18(25)7-5-14(17)2)21(12-23(28)29)27-19-8-6-16(13-26)20(24)11-19/h5-9,11,15,21-22,27H,4,10,12H2,1-3H3/t15?,21-,22?/m0/s1. The van der Waals surface area contributed by atoms with Crippen molar-refractivity contribution in [2.24, 2.45) is 0 Å². The Kier molecular flexibility index (Phi) is 6.44. The lowest BCUT2D eigenvalue weighted by Crippen LogP contribution is -2.45. The highest BCUT2D eigenvalue weighted by Gasteiger charge is 2.41. The second kappa shape index (κ2) is 8.84. The number of likely N-dealkylation sites (tertiary alicyclic amines) is 1. The van der Waals surface area contributed by atoms with Crippen LogP contribution in [-0.2, 0) is 11.2 Å². The molecule has 1 fully saturated rings. The molecule has 3 atom stereocenters. The van der Waals surface area contributed by atoms with Gasteiger partial charge < -0.3 is 10.2 Å². The summed E-state index contributed by atoms with van der Waals surface area (Å²) in [5.74, 6) is -0.177. The van der Waals surface area contributed by atoms with Crippen LogP contribution in [-0.4, -0.2) is 28.9 Å². The SMILES string of the molecule is CCC(C)N1C(=O)C[C@H](Nc2ccc(C#N)c(Cl)c2)C1Cc1cc(F)ccc1C. The van der Waals surface area contributed by atoms with Crippen LogP contribution < -0.4 is 5.32 Å². The van der Waals surface area contributed by atoms with Crippen LogP contribution in [0.25, 0.3) is 0 Å². The zero-order valence-electron chi connectivity index (χ0n) is 16.9. The van der Waals surface area contributed by atoms with E-state index in [0.29, 0.717) is 23.4 Å². The molecule has 1 heterocycles. The Bertz CT molecular complexity index is 956. The Labute approximate surface area is 176 Å². The molecule has 0 aromatic heterocycles. The van der Waals surface area contributed by atoms with E-state index < -0.39 is 0 Å². The van der Waals surface area contributed by atoms with Gasteiger partial charge in [0, 0.05) is 18.2 Å². The maximum Gasteiger partial charge on any atom is 0.225 e. The minimum Gasteiger partial charge on any atom is -0.380 e. The molecule has 0 bridgehead atoms. The first-order valence-corrected chi connectivity index (χ1v) is 10.2. The largest absolute Gasteiger partial charge is 0.380 e. The smallest absolute Gasteiger partial charge is 0.225 e. The number of anilines is 1. The lowest BCUT2D eigenvalue weighted by molar-refractivity contribution is -0.130. The molecule has 1 aliphatic heterocycles. The predicted octanol–water partition coefficient (Wildman–Crippen LogP) is 5.08. The number of rotatable bonds is 6. The van der Waals surface area contributed by atoms with Gasteiger partial charge in [0.15, 0.2) is 0 Å². The van der Waals surface area contributed by atoms with Gasteiger partial charge in [0.2, 0.25) is 5.91 Å². The van der Waals surface area contributed by atoms with E-state index in [4.69, 9.17) is 16.9 Å². The average molecular weight is 414 g/mol. The third-order valence-corrected chi connectivity index (χ3v) is 6.06. The quantitative estimate of drug-likeness (QED) is 0.718. The fourth-order valence-electron chi connectivity index (χ4n) is 3.96. The van der Waals surface area contributed by atoms with Gasteiger partial charge >= 0.3 is 0 Å². The normalized spacial score (nSPS) is 19.9. The highest BCUT2D eigenvalue weighted by atomic mass is 35.5. The number of hydrogen-bond donors (Lipinski definition) is 1. The molecule has 0 saturated carbocycles. The summed E-state index contributed by atoms with van der Waals surface area (Å²) in [7, 11) is 0. The van der Waals surface area contributed by atoms with E-state index in [1.807, 2.05) is 24.8 Å². The zero-order chi connectivity index (χ0) is 21.1. The summed E-state index contributed by atoms with van der Waals surface area (Å²) >= 11 is 6.17. The molecule has 1 aliphatic rings. The number of nitrogens with zero attached hydrogens (tertiary/aromatic N) is 2. The Morgan fingerprint density at radius 1 is 1.34 bits per heavy atom. The minimum atomic E-state index is -0.270. The second-order valence-electron chi connectivity index (χ2n) is 7.66. The van der Waals surface area contributed by atoms with E-state index in [9.17, 15) is 9.18 Å². The van der Waals surface area contributed by atoms with Gasteiger partial charge in [0.1, 0.15) is 11.9 Å². The number of nitrogens with one attached hydrogen (secondary N) is 1. The van der Waals surface area contributed by atoms with E-state index >= 15 is 0 Å². The van der Waals surface area contributed by atoms with Crippen LogP contribution in [0.5, 0.6) is 0 Å². The number of carbonyl (C=O) groups is 1. The third kappa shape index (κ3) is 4.54. The van der Waals surface area contributed by atoms with Gasteiger partial charge in [-0.1, -0.05) is 24.6 Å². The van der Waals surface area contributed by atoms with Crippen molar-refractivity contribution in [3.05, 3.63) is 63.9 Å². The number of halogens is 2. The predicted molar refractivity (Wildman–Crippen MR) is 113 cm³/mol. The molecule has 0 aliphatic carbocycles. The van der Waals surface area contributed by atoms with Crippen LogP contribution in [0.3, 0.4) is 0 Å². The van der Waals surface area contributed by atoms with Crippen molar-refractivity contribution >= 4 is 23.2 Å². The first kappa shape index (κ1) is 21.1. The molecular formula is C23H25ClFN3O. The van der Waals surface area contributed by atoms with Crippen LogP contribution in [0.4, 0.5) is 10.1 Å². The molecule has 2 aromatic carbocycles. The van der Waals surface area contributed by atoms with E-state index in [1.54, 1.807) is 30.3 Å². The molecule has 1 N–H and O–H groups in total. The summed E-state index contributed by atoms with van der Waals surface area (Å²) in [6, 6.07) is 11.9. The fraction of sp³-hybridized carbons (Fsp3) is 0.391. The highest BCUT2D eigenvalue weighted by molar-refractivity contribution is 6.32. The number of aryl methyl sites for hydroxylation is 1. The molecule has 4 nitrogen and oxygen atoms in total. The zero-order valence-corrected chi connectivity index (χ0v) is 17.6. The Balaban J connectivity index is 1.91. The first-order chi connectivity index (χ1) is 13.8. The molecule has 3 rings (SSSR count). The average Bonchev–Trinajstić information content (AvgIpc) is 2.99. The molecule has 2 aromatic rings. The summed E-state index contributed by atoms with van der Waals surface area (Å²) in [5, 5.41) is 12.9. The first-order valence-electron chi connectivity index (χ1n) is 9.86. The summed E-state index contributed by atoms with van der Waals surface area (Å²) in [6.45, 7) is 6.07. The van der Waals surface area contributed by atoms with Gasteiger partial charge in [-0.05, 0) is 68.1 Å². The molecule has 6 heteroatoms. The molecule has 1 saturated heterocycles. The maximum atomic E-state index is 13.8. The van der Waals surface area contributed by atoms with Crippen molar-refractivity contribution in [1.29, 1.82) is 5.26 Å². The van der Waals surface area contributed by atoms with Gasteiger partial charge in [-0.25, -0.2) is 4.39 Å². The number of carbonyl (C=O) groups excluding carboxylic acids is 1. The van der Waals surface area contributed by atoms with Crippen molar-refractivity contribution < 1.29 is 9.18 Å².